The molecule has 0 spiro atoms. The number of allylic oxidation sites excluding steroid dienone is 1. The van der Waals surface area contributed by atoms with Crippen molar-refractivity contribution in [2.24, 2.45) is 0 Å². The molecule has 0 atom stereocenters. The predicted molar refractivity (Wildman–Crippen MR) is 82.0 cm³/mol. The van der Waals surface area contributed by atoms with Crippen LogP contribution < -0.4 is 0 Å². The van der Waals surface area contributed by atoms with Crippen molar-refractivity contribution in [3.8, 4) is 6.07 Å². The van der Waals surface area contributed by atoms with E-state index in [-0.39, 0.29) is 0 Å². The largest absolute Gasteiger partial charge is 0.346 e. The monoisotopic (exact) mass is 265 g/mol. The van der Waals surface area contributed by atoms with Gasteiger partial charge in [-0.25, -0.2) is 0 Å². The first-order chi connectivity index (χ1) is 9.54. The number of hydrogen-bond donors (Lipinski definition) is 0. The minimum atomic E-state index is 0.414. The van der Waals surface area contributed by atoms with Crippen molar-refractivity contribution in [3.05, 3.63) is 53.1 Å². The Morgan fingerprint density at radius 1 is 1.35 bits per heavy atom. The molecule has 20 heavy (non-hydrogen) atoms. The van der Waals surface area contributed by atoms with Crippen molar-refractivity contribution < 1.29 is 0 Å². The smallest absolute Gasteiger partial charge is 0.101 e. The summed E-state index contributed by atoms with van der Waals surface area (Å²) in [6, 6.07) is 10.4. The first-order valence-corrected chi connectivity index (χ1v) is 6.76. The zero-order chi connectivity index (χ0) is 14.7. The Kier molecular flexibility index (Phi) is 4.05. The van der Waals surface area contributed by atoms with Gasteiger partial charge in [0.2, 0.25) is 0 Å². The van der Waals surface area contributed by atoms with Gasteiger partial charge < -0.3 is 4.57 Å². The molecule has 0 aliphatic heterocycles. The van der Waals surface area contributed by atoms with E-state index >= 15 is 0 Å². The molecule has 3 heteroatoms. The first-order valence-electron chi connectivity index (χ1n) is 6.76. The van der Waals surface area contributed by atoms with Crippen molar-refractivity contribution in [1.82, 2.24) is 9.55 Å². The predicted octanol–water partition coefficient (Wildman–Crippen LogP) is 4.15. The lowest BCUT2D eigenvalue weighted by Gasteiger charge is -2.13. The molecule has 0 amide bonds. The van der Waals surface area contributed by atoms with Gasteiger partial charge in [0.05, 0.1) is 11.3 Å². The highest BCUT2D eigenvalue weighted by Gasteiger charge is 2.11. The lowest BCUT2D eigenvalue weighted by Crippen LogP contribution is -2.04. The van der Waals surface area contributed by atoms with Crippen molar-refractivity contribution in [1.29, 1.82) is 5.26 Å². The number of rotatable bonds is 3. The summed E-state index contributed by atoms with van der Waals surface area (Å²) in [7, 11) is 0. The maximum Gasteiger partial charge on any atom is 0.101 e. The Morgan fingerprint density at radius 2 is 2.10 bits per heavy atom. The molecule has 102 valence electrons. The van der Waals surface area contributed by atoms with E-state index in [0.717, 1.165) is 5.56 Å². The molecule has 0 aliphatic rings. The van der Waals surface area contributed by atoms with E-state index in [1.54, 1.807) is 6.20 Å². The molecule has 0 N–H and O–H groups in total. The van der Waals surface area contributed by atoms with E-state index in [0.29, 0.717) is 17.3 Å². The fourth-order valence-corrected chi connectivity index (χ4v) is 2.58. The molecular weight excluding hydrogens is 246 g/mol. The average molecular weight is 265 g/mol. The van der Waals surface area contributed by atoms with Gasteiger partial charge in [-0.1, -0.05) is 6.07 Å². The number of pyridine rings is 1. The van der Waals surface area contributed by atoms with Gasteiger partial charge in [-0.15, -0.1) is 0 Å². The highest BCUT2D eigenvalue weighted by molar-refractivity contribution is 5.88. The molecule has 0 bridgehead atoms. The summed E-state index contributed by atoms with van der Waals surface area (Å²) >= 11 is 0. The van der Waals surface area contributed by atoms with Gasteiger partial charge >= 0.3 is 0 Å². The third-order valence-electron chi connectivity index (χ3n) is 3.40. The van der Waals surface area contributed by atoms with Crippen LogP contribution in [-0.2, 0) is 0 Å². The highest BCUT2D eigenvalue weighted by atomic mass is 15.0. The summed E-state index contributed by atoms with van der Waals surface area (Å²) < 4.78 is 2.28. The summed E-state index contributed by atoms with van der Waals surface area (Å²) in [6.07, 6.45) is 3.63. The molecule has 0 radical (unpaired) electrons. The lowest BCUT2D eigenvalue weighted by atomic mass is 10.1. The van der Waals surface area contributed by atoms with Crippen molar-refractivity contribution in [3.63, 3.8) is 0 Å². The SMILES string of the molecule is Cc1cc(/C=C(\C#N)c2ccccn2)c(C)n1C(C)C. The van der Waals surface area contributed by atoms with Crippen LogP contribution in [0.1, 0.15) is 42.5 Å². The zero-order valence-electron chi connectivity index (χ0n) is 12.4. The van der Waals surface area contributed by atoms with E-state index in [4.69, 9.17) is 0 Å². The average Bonchev–Trinajstić information content (AvgIpc) is 2.71. The molecule has 2 heterocycles. The molecule has 0 fully saturated rings. The molecule has 0 aromatic carbocycles. The van der Waals surface area contributed by atoms with E-state index in [2.05, 4.69) is 49.4 Å². The lowest BCUT2D eigenvalue weighted by molar-refractivity contribution is 0.574. The van der Waals surface area contributed by atoms with Crippen LogP contribution in [0.4, 0.5) is 0 Å². The Hall–Kier alpha value is -2.34. The van der Waals surface area contributed by atoms with Crippen LogP contribution in [0, 0.1) is 25.2 Å². The second-order valence-corrected chi connectivity index (χ2v) is 5.18. The molecule has 0 unspecified atom stereocenters. The van der Waals surface area contributed by atoms with Crippen molar-refractivity contribution >= 4 is 11.6 Å². The maximum atomic E-state index is 9.35. The molecule has 2 rings (SSSR count). The number of hydrogen-bond acceptors (Lipinski definition) is 2. The number of aryl methyl sites for hydroxylation is 1. The van der Waals surface area contributed by atoms with Crippen LogP contribution >= 0.6 is 0 Å². The first kappa shape index (κ1) is 14.1. The quantitative estimate of drug-likeness (QED) is 0.782. The molecule has 3 nitrogen and oxygen atoms in total. The highest BCUT2D eigenvalue weighted by Crippen LogP contribution is 2.24. The van der Waals surface area contributed by atoms with Gasteiger partial charge in [0.1, 0.15) is 6.07 Å². The fraction of sp³-hybridized carbons (Fsp3) is 0.294. The van der Waals surface area contributed by atoms with Gasteiger partial charge in [0.25, 0.3) is 0 Å². The molecule has 2 aromatic rings. The van der Waals surface area contributed by atoms with Crippen molar-refractivity contribution in [2.45, 2.75) is 33.7 Å². The van der Waals surface area contributed by atoms with Crippen LogP contribution in [-0.4, -0.2) is 9.55 Å². The van der Waals surface area contributed by atoms with Gasteiger partial charge in [0.15, 0.2) is 0 Å². The Bertz CT molecular complexity index is 670. The third kappa shape index (κ3) is 2.65. The summed E-state index contributed by atoms with van der Waals surface area (Å²) in [5.74, 6) is 0. The maximum absolute atomic E-state index is 9.35. The minimum absolute atomic E-state index is 0.414. The molecule has 0 aliphatic carbocycles. The Labute approximate surface area is 120 Å². The number of nitrogens with zero attached hydrogens (tertiary/aromatic N) is 3. The van der Waals surface area contributed by atoms with E-state index < -0.39 is 0 Å². The summed E-state index contributed by atoms with van der Waals surface area (Å²) in [5.41, 5.74) is 4.78. The molecular formula is C17H19N3. The summed E-state index contributed by atoms with van der Waals surface area (Å²) in [5, 5.41) is 9.35. The Morgan fingerprint density at radius 3 is 2.60 bits per heavy atom. The number of nitriles is 1. The van der Waals surface area contributed by atoms with Gasteiger partial charge in [-0.05, 0) is 57.5 Å². The zero-order valence-corrected chi connectivity index (χ0v) is 12.4. The normalized spacial score (nSPS) is 11.7. The molecule has 2 aromatic heterocycles. The van der Waals surface area contributed by atoms with Crippen LogP contribution in [0.25, 0.3) is 11.6 Å². The van der Waals surface area contributed by atoms with Crippen LogP contribution in [0.5, 0.6) is 0 Å². The van der Waals surface area contributed by atoms with Crippen LogP contribution in [0.2, 0.25) is 0 Å². The third-order valence-corrected chi connectivity index (χ3v) is 3.40. The second kappa shape index (κ2) is 5.75. The standard InChI is InChI=1S/C17H19N3/c1-12(2)20-13(3)9-15(14(20)4)10-16(11-18)17-7-5-6-8-19-17/h5-10,12H,1-4H3/b16-10+. The summed E-state index contributed by atoms with van der Waals surface area (Å²) in [6.45, 7) is 8.51. The van der Waals surface area contributed by atoms with Gasteiger partial charge in [-0.2, -0.15) is 5.26 Å². The fourth-order valence-electron chi connectivity index (χ4n) is 2.58. The van der Waals surface area contributed by atoms with Gasteiger partial charge in [-0.3, -0.25) is 4.98 Å². The molecule has 0 saturated heterocycles. The minimum Gasteiger partial charge on any atom is -0.346 e. The second-order valence-electron chi connectivity index (χ2n) is 5.18. The van der Waals surface area contributed by atoms with Crippen LogP contribution in [0.15, 0.2) is 30.5 Å². The van der Waals surface area contributed by atoms with Crippen LogP contribution in [0.3, 0.4) is 0 Å². The number of aromatic nitrogens is 2. The summed E-state index contributed by atoms with van der Waals surface area (Å²) in [4.78, 5) is 4.24. The van der Waals surface area contributed by atoms with Crippen molar-refractivity contribution in [2.75, 3.05) is 0 Å². The Balaban J connectivity index is 2.50. The van der Waals surface area contributed by atoms with E-state index in [9.17, 15) is 5.26 Å². The molecule has 0 saturated carbocycles. The van der Waals surface area contributed by atoms with E-state index in [1.165, 1.54) is 11.4 Å². The van der Waals surface area contributed by atoms with Gasteiger partial charge in [0, 0.05) is 23.6 Å². The topological polar surface area (TPSA) is 41.6 Å². The van der Waals surface area contributed by atoms with E-state index in [1.807, 2.05) is 24.3 Å².